The molecule has 0 spiro atoms. The molecule has 4 nitrogen and oxygen atoms in total. The van der Waals surface area contributed by atoms with Gasteiger partial charge in [0, 0.05) is 17.5 Å². The molecule has 0 fully saturated rings. The molecule has 0 saturated heterocycles. The smallest absolute Gasteiger partial charge is 0.175 e. The molecule has 13 heavy (non-hydrogen) atoms. The van der Waals surface area contributed by atoms with Crippen LogP contribution in [0.3, 0.4) is 0 Å². The summed E-state index contributed by atoms with van der Waals surface area (Å²) >= 11 is 0. The molecule has 2 N–H and O–H groups in total. The largest absolute Gasteiger partial charge is 0.326 e. The molecule has 0 saturated carbocycles. The lowest BCUT2D eigenvalue weighted by Crippen LogP contribution is -2.38. The van der Waals surface area contributed by atoms with Crippen LogP contribution in [0.2, 0.25) is 0 Å². The van der Waals surface area contributed by atoms with Crippen molar-refractivity contribution >= 4 is 9.84 Å². The summed E-state index contributed by atoms with van der Waals surface area (Å²) in [5.41, 5.74) is 5.64. The van der Waals surface area contributed by atoms with Gasteiger partial charge in [0.25, 0.3) is 0 Å². The van der Waals surface area contributed by atoms with Crippen LogP contribution >= 0.6 is 0 Å². The van der Waals surface area contributed by atoms with Gasteiger partial charge >= 0.3 is 0 Å². The first-order valence-electron chi connectivity index (χ1n) is 4.04. The van der Waals surface area contributed by atoms with E-state index in [0.717, 1.165) is 0 Å². The van der Waals surface area contributed by atoms with E-state index in [1.54, 1.807) is 0 Å². The first-order valence-corrected chi connectivity index (χ1v) is 5.69. The molecule has 0 aliphatic rings. The Morgan fingerprint density at radius 3 is 2.31 bits per heavy atom. The summed E-state index contributed by atoms with van der Waals surface area (Å²) in [6, 6.07) is -0.350. The van der Waals surface area contributed by atoms with Gasteiger partial charge in [-0.15, -0.1) is 0 Å². The van der Waals surface area contributed by atoms with Crippen LogP contribution in [0.15, 0.2) is 11.5 Å². The lowest BCUT2D eigenvalue weighted by Gasteiger charge is -2.16. The molecule has 0 amide bonds. The minimum absolute atomic E-state index is 0.0273. The third kappa shape index (κ3) is 5.02. The summed E-state index contributed by atoms with van der Waals surface area (Å²) in [7, 11) is 0.520. The number of nitrogens with zero attached hydrogens (tertiary/aromatic N) is 1. The number of likely N-dealkylation sites (N-methyl/N-ethyl adjacent to an activating group) is 1. The van der Waals surface area contributed by atoms with Crippen LogP contribution in [0.4, 0.5) is 0 Å². The highest BCUT2D eigenvalue weighted by atomic mass is 32.2. The zero-order valence-corrected chi connectivity index (χ0v) is 9.26. The van der Waals surface area contributed by atoms with Crippen LogP contribution in [0.1, 0.15) is 6.92 Å². The van der Waals surface area contributed by atoms with E-state index in [1.807, 2.05) is 19.0 Å². The van der Waals surface area contributed by atoms with Gasteiger partial charge in [0.15, 0.2) is 9.84 Å². The molecular weight excluding hydrogens is 188 g/mol. The lowest BCUT2D eigenvalue weighted by atomic mass is 10.3. The summed E-state index contributed by atoms with van der Waals surface area (Å²) in [6.45, 7) is 5.45. The number of rotatable bonds is 5. The summed E-state index contributed by atoms with van der Waals surface area (Å²) < 4.78 is 22.6. The zero-order valence-electron chi connectivity index (χ0n) is 8.45. The van der Waals surface area contributed by atoms with Gasteiger partial charge in [-0.2, -0.15) is 0 Å². The van der Waals surface area contributed by atoms with Gasteiger partial charge in [-0.1, -0.05) is 6.58 Å². The number of hydrogen-bond acceptors (Lipinski definition) is 4. The Kier molecular flexibility index (Phi) is 4.60. The second kappa shape index (κ2) is 4.74. The number of hydrogen-bond donors (Lipinski definition) is 1. The quantitative estimate of drug-likeness (QED) is 0.678. The molecule has 0 heterocycles. The van der Waals surface area contributed by atoms with Gasteiger partial charge in [-0.3, -0.25) is 0 Å². The van der Waals surface area contributed by atoms with E-state index in [2.05, 4.69) is 6.58 Å². The topological polar surface area (TPSA) is 63.4 Å². The monoisotopic (exact) mass is 206 g/mol. The zero-order chi connectivity index (χ0) is 10.6. The molecule has 78 valence electrons. The average Bonchev–Trinajstić information content (AvgIpc) is 1.82. The fraction of sp³-hybridized carbons (Fsp3) is 0.750. The molecule has 0 radical (unpaired) electrons. The Labute approximate surface area is 80.3 Å². The molecule has 5 heteroatoms. The van der Waals surface area contributed by atoms with Crippen molar-refractivity contribution in [3.63, 3.8) is 0 Å². The van der Waals surface area contributed by atoms with Crippen LogP contribution < -0.4 is 5.73 Å². The van der Waals surface area contributed by atoms with Gasteiger partial charge in [0.05, 0.1) is 5.75 Å². The Morgan fingerprint density at radius 1 is 1.54 bits per heavy atom. The first kappa shape index (κ1) is 12.6. The van der Waals surface area contributed by atoms with Crippen molar-refractivity contribution in [2.45, 2.75) is 13.0 Å². The molecule has 1 atom stereocenters. The van der Waals surface area contributed by atoms with Crippen molar-refractivity contribution in [2.24, 2.45) is 5.73 Å². The van der Waals surface area contributed by atoms with Crippen LogP contribution in [0.25, 0.3) is 0 Å². The van der Waals surface area contributed by atoms with Crippen molar-refractivity contribution in [3.8, 4) is 0 Å². The second-order valence-corrected chi connectivity index (χ2v) is 5.77. The first-order chi connectivity index (χ1) is 5.75. The van der Waals surface area contributed by atoms with E-state index >= 15 is 0 Å². The fourth-order valence-corrected chi connectivity index (χ4v) is 1.90. The maximum Gasteiger partial charge on any atom is 0.175 e. The molecule has 0 rings (SSSR count). The van der Waals surface area contributed by atoms with Crippen molar-refractivity contribution in [2.75, 3.05) is 26.4 Å². The van der Waals surface area contributed by atoms with E-state index in [1.165, 1.54) is 6.92 Å². The predicted octanol–water partition coefficient (Wildman–Crippen LogP) is -0.176. The second-order valence-electron chi connectivity index (χ2n) is 3.51. The Hall–Kier alpha value is -0.390. The van der Waals surface area contributed by atoms with Gasteiger partial charge in [0.1, 0.15) is 0 Å². The van der Waals surface area contributed by atoms with Crippen molar-refractivity contribution in [1.82, 2.24) is 4.90 Å². The van der Waals surface area contributed by atoms with E-state index in [-0.39, 0.29) is 16.7 Å². The third-order valence-corrected chi connectivity index (χ3v) is 3.49. The molecular formula is C8H18N2O2S. The van der Waals surface area contributed by atoms with Crippen LogP contribution in [0.5, 0.6) is 0 Å². The Bertz CT molecular complexity index is 270. The number of allylic oxidation sites excluding steroid dienone is 1. The van der Waals surface area contributed by atoms with Gasteiger partial charge < -0.3 is 10.6 Å². The van der Waals surface area contributed by atoms with Crippen molar-refractivity contribution < 1.29 is 8.42 Å². The van der Waals surface area contributed by atoms with E-state index < -0.39 is 9.84 Å². The van der Waals surface area contributed by atoms with E-state index in [4.69, 9.17) is 5.73 Å². The molecule has 0 bridgehead atoms. The molecule has 0 aliphatic carbocycles. The molecule has 0 aromatic rings. The predicted molar refractivity (Wildman–Crippen MR) is 55.1 cm³/mol. The highest BCUT2D eigenvalue weighted by Crippen LogP contribution is 2.04. The molecule has 0 unspecified atom stereocenters. The third-order valence-electron chi connectivity index (χ3n) is 1.56. The van der Waals surface area contributed by atoms with Crippen LogP contribution in [0, 0.1) is 0 Å². The van der Waals surface area contributed by atoms with E-state index in [0.29, 0.717) is 6.54 Å². The average molecular weight is 206 g/mol. The summed E-state index contributed by atoms with van der Waals surface area (Å²) in [4.78, 5) is 2.04. The van der Waals surface area contributed by atoms with E-state index in [9.17, 15) is 8.42 Å². The van der Waals surface area contributed by atoms with Crippen molar-refractivity contribution in [3.05, 3.63) is 11.5 Å². The number of nitrogens with two attached hydrogens (primary N) is 1. The molecule has 0 aromatic heterocycles. The fourth-order valence-electron chi connectivity index (χ4n) is 0.946. The SMILES string of the molecule is C=C(C)S(=O)(=O)C[C@@H](N)CN(C)C. The standard InChI is InChI=1S/C8H18N2O2S/c1-7(2)13(11,12)6-8(9)5-10(3)4/h8H,1,5-6,9H2,2-4H3/t8-/m0/s1. The minimum atomic E-state index is -3.19. The maximum atomic E-state index is 11.3. The Balaban J connectivity index is 4.21. The molecule has 0 aliphatic heterocycles. The lowest BCUT2D eigenvalue weighted by molar-refractivity contribution is 0.383. The van der Waals surface area contributed by atoms with Gasteiger partial charge in [0.2, 0.25) is 0 Å². The number of sulfone groups is 1. The van der Waals surface area contributed by atoms with Crippen LogP contribution in [-0.4, -0.2) is 45.8 Å². The summed E-state index contributed by atoms with van der Waals surface area (Å²) in [5, 5.41) is 0. The highest BCUT2D eigenvalue weighted by molar-refractivity contribution is 7.95. The molecule has 0 aromatic carbocycles. The summed E-state index contributed by atoms with van der Waals surface area (Å²) in [5.74, 6) is -0.0273. The summed E-state index contributed by atoms with van der Waals surface area (Å²) in [6.07, 6.45) is 0. The van der Waals surface area contributed by atoms with Crippen LogP contribution in [-0.2, 0) is 9.84 Å². The minimum Gasteiger partial charge on any atom is -0.326 e. The van der Waals surface area contributed by atoms with Gasteiger partial charge in [-0.05, 0) is 21.0 Å². The maximum absolute atomic E-state index is 11.3. The highest BCUT2D eigenvalue weighted by Gasteiger charge is 2.17. The Morgan fingerprint density at radius 2 is 2.00 bits per heavy atom. The normalized spacial score (nSPS) is 14.5. The van der Waals surface area contributed by atoms with Gasteiger partial charge in [-0.25, -0.2) is 8.42 Å². The van der Waals surface area contributed by atoms with Crippen molar-refractivity contribution in [1.29, 1.82) is 0 Å².